The molecule has 1 fully saturated rings. The minimum absolute atomic E-state index is 0.464. The van der Waals surface area contributed by atoms with Gasteiger partial charge in [-0.05, 0) is 65.5 Å². The Morgan fingerprint density at radius 2 is 2.18 bits per heavy atom. The van der Waals surface area contributed by atoms with Crippen LogP contribution in [-0.4, -0.2) is 6.04 Å². The second kappa shape index (κ2) is 5.35. The van der Waals surface area contributed by atoms with Crippen LogP contribution in [0.5, 0.6) is 0 Å². The minimum atomic E-state index is 0.464. The monoisotopic (exact) mass is 363 g/mol. The summed E-state index contributed by atoms with van der Waals surface area (Å²) in [4.78, 5) is 0. The Bertz CT molecular complexity index is 403. The third kappa shape index (κ3) is 3.75. The minimum Gasteiger partial charge on any atom is -0.381 e. The Kier molecular flexibility index (Phi) is 4.24. The molecular formula is C14H19ClIN. The molecule has 1 aliphatic carbocycles. The third-order valence-electron chi connectivity index (χ3n) is 3.50. The fourth-order valence-electron chi connectivity index (χ4n) is 2.65. The molecule has 1 unspecified atom stereocenters. The Morgan fingerprint density at radius 1 is 1.41 bits per heavy atom. The summed E-state index contributed by atoms with van der Waals surface area (Å²) in [6.07, 6.45) is 5.14. The molecule has 0 heterocycles. The molecular weight excluding hydrogens is 345 g/mol. The van der Waals surface area contributed by atoms with E-state index in [1.54, 1.807) is 0 Å². The van der Waals surface area contributed by atoms with Gasteiger partial charge in [0, 0.05) is 9.61 Å². The first kappa shape index (κ1) is 13.5. The van der Waals surface area contributed by atoms with Crippen LogP contribution in [0.25, 0.3) is 0 Å². The predicted octanol–water partition coefficient (Wildman–Crippen LogP) is 5.33. The molecule has 17 heavy (non-hydrogen) atoms. The second-order valence-electron chi connectivity index (χ2n) is 5.73. The SMILES string of the molecule is CC1(C)CCCC(Nc2ccc(I)cc2Cl)C1. The first-order valence-corrected chi connectivity index (χ1v) is 7.63. The van der Waals surface area contributed by atoms with E-state index in [9.17, 15) is 0 Å². The van der Waals surface area contributed by atoms with E-state index in [4.69, 9.17) is 11.6 Å². The van der Waals surface area contributed by atoms with Gasteiger partial charge >= 0.3 is 0 Å². The Hall–Kier alpha value is 0.0400. The van der Waals surface area contributed by atoms with Gasteiger partial charge in [0.25, 0.3) is 0 Å². The van der Waals surface area contributed by atoms with Crippen LogP contribution in [0.1, 0.15) is 39.5 Å². The van der Waals surface area contributed by atoms with Crippen LogP contribution < -0.4 is 5.32 Å². The van der Waals surface area contributed by atoms with Crippen molar-refractivity contribution in [1.82, 2.24) is 0 Å². The highest BCUT2D eigenvalue weighted by Gasteiger charge is 2.27. The molecule has 0 amide bonds. The van der Waals surface area contributed by atoms with Gasteiger partial charge in [-0.15, -0.1) is 0 Å². The average molecular weight is 364 g/mol. The first-order valence-electron chi connectivity index (χ1n) is 6.18. The number of benzene rings is 1. The van der Waals surface area contributed by atoms with E-state index in [2.05, 4.69) is 53.9 Å². The van der Waals surface area contributed by atoms with Crippen molar-refractivity contribution in [2.75, 3.05) is 5.32 Å². The summed E-state index contributed by atoms with van der Waals surface area (Å²) in [5.74, 6) is 0. The van der Waals surface area contributed by atoms with Crippen LogP contribution in [0.15, 0.2) is 18.2 Å². The summed E-state index contributed by atoms with van der Waals surface area (Å²) in [6, 6.07) is 6.77. The average Bonchev–Trinajstić information content (AvgIpc) is 2.21. The van der Waals surface area contributed by atoms with Gasteiger partial charge < -0.3 is 5.32 Å². The Balaban J connectivity index is 2.05. The molecule has 0 bridgehead atoms. The Morgan fingerprint density at radius 3 is 2.82 bits per heavy atom. The zero-order chi connectivity index (χ0) is 12.5. The predicted molar refractivity (Wildman–Crippen MR) is 83.8 cm³/mol. The number of rotatable bonds is 2. The van der Waals surface area contributed by atoms with Crippen molar-refractivity contribution in [3.63, 3.8) is 0 Å². The van der Waals surface area contributed by atoms with Crippen LogP contribution in [0.4, 0.5) is 5.69 Å². The lowest BCUT2D eigenvalue weighted by molar-refractivity contribution is 0.229. The van der Waals surface area contributed by atoms with E-state index in [1.165, 1.54) is 29.3 Å². The van der Waals surface area contributed by atoms with Crippen molar-refractivity contribution in [3.8, 4) is 0 Å². The summed E-state index contributed by atoms with van der Waals surface area (Å²) in [7, 11) is 0. The third-order valence-corrected chi connectivity index (χ3v) is 4.48. The standard InChI is InChI=1S/C14H19ClIN/c1-14(2)7-3-4-11(9-14)17-13-6-5-10(16)8-12(13)15/h5-6,8,11,17H,3-4,7,9H2,1-2H3. The largest absolute Gasteiger partial charge is 0.381 e. The highest BCUT2D eigenvalue weighted by Crippen LogP contribution is 2.37. The molecule has 2 rings (SSSR count). The van der Waals surface area contributed by atoms with E-state index in [0.717, 1.165) is 10.7 Å². The van der Waals surface area contributed by atoms with Crippen molar-refractivity contribution in [1.29, 1.82) is 0 Å². The van der Waals surface area contributed by atoms with Gasteiger partial charge in [-0.2, -0.15) is 0 Å². The molecule has 0 spiro atoms. The van der Waals surface area contributed by atoms with E-state index in [-0.39, 0.29) is 0 Å². The molecule has 1 aromatic rings. The summed E-state index contributed by atoms with van der Waals surface area (Å²) in [5.41, 5.74) is 1.54. The normalized spacial score (nSPS) is 23.4. The molecule has 3 heteroatoms. The van der Waals surface area contributed by atoms with Crippen LogP contribution in [0.3, 0.4) is 0 Å². The van der Waals surface area contributed by atoms with Gasteiger partial charge in [-0.25, -0.2) is 0 Å². The van der Waals surface area contributed by atoms with Crippen molar-refractivity contribution in [3.05, 3.63) is 26.8 Å². The number of nitrogens with one attached hydrogen (secondary N) is 1. The topological polar surface area (TPSA) is 12.0 Å². The van der Waals surface area contributed by atoms with Crippen molar-refractivity contribution in [2.24, 2.45) is 5.41 Å². The van der Waals surface area contributed by atoms with Gasteiger partial charge in [-0.1, -0.05) is 31.9 Å². The van der Waals surface area contributed by atoms with E-state index < -0.39 is 0 Å². The smallest absolute Gasteiger partial charge is 0.0648 e. The number of halogens is 2. The number of anilines is 1. The van der Waals surface area contributed by atoms with Crippen molar-refractivity contribution < 1.29 is 0 Å². The van der Waals surface area contributed by atoms with Crippen molar-refractivity contribution in [2.45, 2.75) is 45.6 Å². The van der Waals surface area contributed by atoms with E-state index >= 15 is 0 Å². The lowest BCUT2D eigenvalue weighted by atomic mass is 9.75. The molecule has 1 N–H and O–H groups in total. The lowest BCUT2D eigenvalue weighted by Gasteiger charge is -2.36. The van der Waals surface area contributed by atoms with Crippen molar-refractivity contribution >= 4 is 39.9 Å². The lowest BCUT2D eigenvalue weighted by Crippen LogP contribution is -2.31. The molecule has 0 radical (unpaired) electrons. The van der Waals surface area contributed by atoms with Crippen LogP contribution in [0.2, 0.25) is 5.02 Å². The highest BCUT2D eigenvalue weighted by molar-refractivity contribution is 14.1. The zero-order valence-corrected chi connectivity index (χ0v) is 13.3. The van der Waals surface area contributed by atoms with Gasteiger partial charge in [0.05, 0.1) is 10.7 Å². The number of hydrogen-bond donors (Lipinski definition) is 1. The quantitative estimate of drug-likeness (QED) is 0.701. The van der Waals surface area contributed by atoms with Gasteiger partial charge in [0.15, 0.2) is 0 Å². The van der Waals surface area contributed by atoms with Crippen LogP contribution in [0, 0.1) is 8.99 Å². The maximum Gasteiger partial charge on any atom is 0.0648 e. The summed E-state index contributed by atoms with van der Waals surface area (Å²) >= 11 is 8.54. The summed E-state index contributed by atoms with van der Waals surface area (Å²) < 4.78 is 1.18. The van der Waals surface area contributed by atoms with Crippen LogP contribution >= 0.6 is 34.2 Å². The first-order chi connectivity index (χ1) is 7.96. The van der Waals surface area contributed by atoms with Gasteiger partial charge in [-0.3, -0.25) is 0 Å². The molecule has 0 saturated heterocycles. The molecule has 94 valence electrons. The Labute approximate surface area is 122 Å². The van der Waals surface area contributed by atoms with E-state index in [0.29, 0.717) is 11.5 Å². The summed E-state index contributed by atoms with van der Waals surface area (Å²) in [5, 5.41) is 4.43. The molecule has 0 aromatic heterocycles. The van der Waals surface area contributed by atoms with E-state index in [1.807, 2.05) is 6.07 Å². The van der Waals surface area contributed by atoms with Crippen LogP contribution in [-0.2, 0) is 0 Å². The molecule has 1 aromatic carbocycles. The van der Waals surface area contributed by atoms with Gasteiger partial charge in [0.1, 0.15) is 0 Å². The summed E-state index contributed by atoms with van der Waals surface area (Å²) in [6.45, 7) is 4.72. The zero-order valence-electron chi connectivity index (χ0n) is 10.4. The molecule has 0 aliphatic heterocycles. The van der Waals surface area contributed by atoms with Gasteiger partial charge in [0.2, 0.25) is 0 Å². The maximum atomic E-state index is 6.25. The molecule has 1 aliphatic rings. The molecule has 1 saturated carbocycles. The molecule has 1 nitrogen and oxygen atoms in total. The highest BCUT2D eigenvalue weighted by atomic mass is 127. The maximum absolute atomic E-state index is 6.25. The fraction of sp³-hybridized carbons (Fsp3) is 0.571. The number of hydrogen-bond acceptors (Lipinski definition) is 1. The second-order valence-corrected chi connectivity index (χ2v) is 7.38. The molecule has 1 atom stereocenters. The fourth-order valence-corrected chi connectivity index (χ4v) is 3.56.